The zero-order valence-electron chi connectivity index (χ0n) is 42.5. The van der Waals surface area contributed by atoms with Crippen LogP contribution < -0.4 is 33.0 Å². The number of nitrogen functional groups attached to an aromatic ring is 2. The van der Waals surface area contributed by atoms with Crippen LogP contribution in [0.2, 0.25) is 0 Å². The van der Waals surface area contributed by atoms with Crippen LogP contribution in [0.3, 0.4) is 0 Å². The monoisotopic (exact) mass is 1250 g/mol. The summed E-state index contributed by atoms with van der Waals surface area (Å²) < 4.78 is 159. The van der Waals surface area contributed by atoms with Crippen LogP contribution in [-0.4, -0.2) is 130 Å². The van der Waals surface area contributed by atoms with Crippen LogP contribution in [0.25, 0.3) is 0 Å². The van der Waals surface area contributed by atoms with Crippen molar-refractivity contribution in [1.29, 1.82) is 0 Å². The van der Waals surface area contributed by atoms with Gasteiger partial charge >= 0.3 is 63.2 Å². The van der Waals surface area contributed by atoms with Gasteiger partial charge in [-0.05, 0) is 48.5 Å². The standard InChI is InChI=1S/2C16H20N8.2C3H7NO.4BF4.2Fe/c2*17-24-15(11-18-9-13-5-1-3-7-20-13)22-23-16(24)12-19-10-14-6-2-4-8-21-14;2*1-4(2)3-5;4*2-1(3,4)5;;/h2*1-8,18-19H,9-12,17H2;2*3H,1-2H3;;;;;;/q;;;;4*-1;2*+2. The summed E-state index contributed by atoms with van der Waals surface area (Å²) >= 11 is 0. The number of carbonyl (C=O) groups excluding carboxylic acids is 2. The minimum Gasteiger partial charge on any atom is -0.418 e. The van der Waals surface area contributed by atoms with E-state index in [1.165, 1.54) is 19.2 Å². The molecule has 448 valence electrons. The molecule has 20 nitrogen and oxygen atoms in total. The first-order chi connectivity index (χ1) is 36.2. The molecule has 0 unspecified atom stereocenters. The molecule has 0 saturated heterocycles. The fraction of sp³-hybridized carbons (Fsp3) is 0.316. The number of nitrogens with one attached hydrogen (secondary N) is 4. The van der Waals surface area contributed by atoms with Crippen LogP contribution in [0, 0.1) is 0 Å². The number of rotatable bonds is 18. The van der Waals surface area contributed by atoms with Gasteiger partial charge in [0.25, 0.3) is 0 Å². The first-order valence-electron chi connectivity index (χ1n) is 21.7. The Hall–Kier alpha value is -6.56. The predicted molar refractivity (Wildman–Crippen MR) is 260 cm³/mol. The van der Waals surface area contributed by atoms with Gasteiger partial charge in [0.1, 0.15) is 0 Å². The summed E-state index contributed by atoms with van der Waals surface area (Å²) in [5.74, 6) is 14.8. The van der Waals surface area contributed by atoms with Gasteiger partial charge < -0.3 is 112 Å². The number of nitrogens with zero attached hydrogens (tertiary/aromatic N) is 12. The van der Waals surface area contributed by atoms with E-state index in [9.17, 15) is 78.6 Å². The van der Waals surface area contributed by atoms with Crippen LogP contribution in [0.4, 0.5) is 69.1 Å². The van der Waals surface area contributed by atoms with E-state index in [0.29, 0.717) is 75.7 Å². The van der Waals surface area contributed by atoms with E-state index in [1.807, 2.05) is 72.8 Å². The summed E-state index contributed by atoms with van der Waals surface area (Å²) in [5.41, 5.74) is 3.88. The first kappa shape index (κ1) is 79.9. The number of nitrogens with two attached hydrogens (primary N) is 2. The second-order valence-electron chi connectivity index (χ2n) is 14.6. The summed E-state index contributed by atoms with van der Waals surface area (Å²) in [6.45, 7) is 4.73. The van der Waals surface area contributed by atoms with Gasteiger partial charge in [0.05, 0.1) is 49.0 Å². The zero-order valence-corrected chi connectivity index (χ0v) is 44.7. The molecule has 0 fully saturated rings. The summed E-state index contributed by atoms with van der Waals surface area (Å²) in [5, 5.41) is 29.5. The zero-order chi connectivity index (χ0) is 59.8. The topological polar surface area (TPSA) is 254 Å². The van der Waals surface area contributed by atoms with Gasteiger partial charge in [-0.3, -0.25) is 29.5 Å². The molecular formula is C38H54B4F16Fe2N18O2. The van der Waals surface area contributed by atoms with E-state index in [0.717, 1.165) is 35.6 Å². The Kier molecular flexibility index (Phi) is 44.2. The number of halogens is 16. The molecule has 80 heavy (non-hydrogen) atoms. The molecule has 6 rings (SSSR count). The summed E-state index contributed by atoms with van der Waals surface area (Å²) in [7, 11) is -17.2. The Morgan fingerprint density at radius 3 is 0.675 bits per heavy atom. The number of pyridine rings is 4. The average Bonchev–Trinajstić information content (AvgIpc) is 3.87. The van der Waals surface area contributed by atoms with Crippen LogP contribution in [-0.2, 0) is 96.1 Å². The third-order valence-electron chi connectivity index (χ3n) is 7.36. The van der Waals surface area contributed by atoms with Crippen molar-refractivity contribution >= 4 is 41.8 Å². The summed E-state index contributed by atoms with van der Waals surface area (Å²) in [6, 6.07) is 23.3. The fourth-order valence-corrected chi connectivity index (χ4v) is 4.42. The molecule has 0 radical (unpaired) electrons. The maximum atomic E-state index is 9.75. The number of aromatic nitrogens is 10. The van der Waals surface area contributed by atoms with E-state index in [2.05, 4.69) is 61.6 Å². The van der Waals surface area contributed by atoms with Gasteiger partial charge in [-0.2, -0.15) is 0 Å². The molecule has 0 saturated carbocycles. The molecule has 0 aromatic carbocycles. The van der Waals surface area contributed by atoms with Crippen molar-refractivity contribution in [3.8, 4) is 0 Å². The second-order valence-corrected chi connectivity index (χ2v) is 14.6. The third-order valence-corrected chi connectivity index (χ3v) is 7.36. The molecule has 2 amide bonds. The Balaban J connectivity index is -0.000000474. The minimum atomic E-state index is -6.00. The minimum absolute atomic E-state index is 0. The Labute approximate surface area is 469 Å². The third kappa shape index (κ3) is 56.2. The molecule has 0 atom stereocenters. The predicted octanol–water partition coefficient (Wildman–Crippen LogP) is 5.33. The van der Waals surface area contributed by atoms with E-state index in [1.54, 1.807) is 53.0 Å². The van der Waals surface area contributed by atoms with Gasteiger partial charge in [0.2, 0.25) is 12.8 Å². The van der Waals surface area contributed by atoms with Crippen LogP contribution >= 0.6 is 0 Å². The van der Waals surface area contributed by atoms with Gasteiger partial charge in [0, 0.05) is 79.2 Å². The molecular weight excluding hydrogens is 1200 g/mol. The molecule has 42 heteroatoms. The van der Waals surface area contributed by atoms with E-state index >= 15 is 0 Å². The molecule has 8 N–H and O–H groups in total. The van der Waals surface area contributed by atoms with Gasteiger partial charge in [-0.25, -0.2) is 9.35 Å². The fourth-order valence-electron chi connectivity index (χ4n) is 4.42. The molecule has 0 spiro atoms. The Bertz CT molecular complexity index is 2090. The van der Waals surface area contributed by atoms with Crippen molar-refractivity contribution in [2.75, 3.05) is 39.9 Å². The van der Waals surface area contributed by atoms with Crippen molar-refractivity contribution in [1.82, 2.24) is 80.7 Å². The van der Waals surface area contributed by atoms with Gasteiger partial charge in [-0.1, -0.05) is 24.3 Å². The molecule has 6 aromatic heterocycles. The molecule has 0 aliphatic carbocycles. The maximum absolute atomic E-state index is 9.75. The SMILES string of the molecule is CN(C)C=O.CN(C)C=O.F[B-](F)(F)F.F[B-](F)(F)F.F[B-](F)(F)F.F[B-](F)(F)F.Nn1c(CNCc2ccccn2)nnc1CNCc1ccccn1.Nn1c(CNCc2ccccn2)nnc1CNCc1ccccn1.[Fe+2].[Fe+2]. The Morgan fingerprint density at radius 2 is 0.550 bits per heavy atom. The van der Waals surface area contributed by atoms with E-state index in [4.69, 9.17) is 11.7 Å². The van der Waals surface area contributed by atoms with Gasteiger partial charge in [-0.15, -0.1) is 20.4 Å². The average molecular weight is 1250 g/mol. The number of carbonyl (C=O) groups is 2. The van der Waals surface area contributed by atoms with Crippen molar-refractivity contribution in [3.05, 3.63) is 144 Å². The van der Waals surface area contributed by atoms with Crippen LogP contribution in [0.5, 0.6) is 0 Å². The number of amides is 2. The smallest absolute Gasteiger partial charge is 0.418 e. The first-order valence-corrected chi connectivity index (χ1v) is 21.7. The van der Waals surface area contributed by atoms with Crippen molar-refractivity contribution in [3.63, 3.8) is 0 Å². The van der Waals surface area contributed by atoms with Gasteiger partial charge in [0.15, 0.2) is 23.3 Å². The summed E-state index contributed by atoms with van der Waals surface area (Å²) in [6.07, 6.45) is 8.59. The molecule has 0 bridgehead atoms. The second kappa shape index (κ2) is 44.2. The molecule has 6 heterocycles. The van der Waals surface area contributed by atoms with Crippen molar-refractivity contribution in [2.24, 2.45) is 0 Å². The number of hydrogen-bond donors (Lipinski definition) is 6. The maximum Gasteiger partial charge on any atom is 2.00 e. The molecule has 0 aliphatic heterocycles. The van der Waals surface area contributed by atoms with E-state index < -0.39 is 29.0 Å². The Morgan fingerprint density at radius 1 is 0.388 bits per heavy atom. The van der Waals surface area contributed by atoms with Crippen LogP contribution in [0.1, 0.15) is 46.1 Å². The van der Waals surface area contributed by atoms with Crippen LogP contribution in [0.15, 0.2) is 97.6 Å². The largest absolute Gasteiger partial charge is 2.00 e. The summed E-state index contributed by atoms with van der Waals surface area (Å²) in [4.78, 5) is 38.8. The van der Waals surface area contributed by atoms with Crippen molar-refractivity contribution < 1.29 is 113 Å². The quantitative estimate of drug-likeness (QED) is 0.0275. The molecule has 6 aromatic rings. The van der Waals surface area contributed by atoms with Crippen molar-refractivity contribution in [2.45, 2.75) is 52.4 Å². The normalized spacial score (nSPS) is 10.3. The molecule has 0 aliphatic rings. The number of hydrogen-bond acceptors (Lipinski definition) is 16. The van der Waals surface area contributed by atoms with E-state index in [-0.39, 0.29) is 34.1 Å².